The van der Waals surface area contributed by atoms with Crippen LogP contribution in [0.5, 0.6) is 0 Å². The van der Waals surface area contributed by atoms with E-state index in [1.807, 2.05) is 37.4 Å². The van der Waals surface area contributed by atoms with Gasteiger partial charge in [-0.15, -0.1) is 0 Å². The molecule has 0 unspecified atom stereocenters. The number of para-hydroxylation sites is 1. The molecule has 0 fully saturated rings. The molecule has 4 rings (SSSR count). The first-order chi connectivity index (χ1) is 12.9. The zero-order valence-electron chi connectivity index (χ0n) is 14.0. The lowest BCUT2D eigenvalue weighted by molar-refractivity contribution is -0.616. The molecule has 1 N–H and O–H groups in total. The van der Waals surface area contributed by atoms with Crippen LogP contribution in [0.2, 0.25) is 10.0 Å². The van der Waals surface area contributed by atoms with E-state index < -0.39 is 15.6 Å². The number of benzene rings is 2. The van der Waals surface area contributed by atoms with Crippen molar-refractivity contribution in [1.29, 1.82) is 0 Å². The van der Waals surface area contributed by atoms with Crippen molar-refractivity contribution >= 4 is 66.2 Å². The molecule has 2 aromatic carbocycles. The minimum atomic E-state index is -6.09. The number of pyridine rings is 1. The van der Waals surface area contributed by atoms with Gasteiger partial charge in [-0.3, -0.25) is 0 Å². The van der Waals surface area contributed by atoms with Crippen LogP contribution in [-0.2, 0) is 17.2 Å². The first kappa shape index (κ1) is 20.7. The van der Waals surface area contributed by atoms with Crippen LogP contribution in [0.1, 0.15) is 0 Å². The predicted octanol–water partition coefficient (Wildman–Crippen LogP) is 4.66. The molecular formula is C17H11Cl2F3N2O3S. The summed E-state index contributed by atoms with van der Waals surface area (Å²) in [6, 6.07) is 14.0. The number of aryl methyl sites for hydroxylation is 1. The number of nitrogens with one attached hydrogen (secondary N) is 1. The molecule has 0 bridgehead atoms. The number of H-pyrrole nitrogens is 1. The number of aromatic amines is 1. The normalized spacial score (nSPS) is 12.4. The van der Waals surface area contributed by atoms with E-state index in [0.717, 1.165) is 32.8 Å². The van der Waals surface area contributed by atoms with Gasteiger partial charge in [-0.25, -0.2) is 8.42 Å². The highest BCUT2D eigenvalue weighted by atomic mass is 35.5. The van der Waals surface area contributed by atoms with Crippen molar-refractivity contribution in [1.82, 2.24) is 4.98 Å². The van der Waals surface area contributed by atoms with Gasteiger partial charge in [0, 0.05) is 6.07 Å². The number of hydrogen-bond donors (Lipinski definition) is 1. The average molecular weight is 451 g/mol. The Bertz CT molecular complexity index is 1320. The summed E-state index contributed by atoms with van der Waals surface area (Å²) in [6.45, 7) is 0. The number of alkyl halides is 3. The monoisotopic (exact) mass is 450 g/mol. The molecule has 2 aromatic heterocycles. The third-order valence-electron chi connectivity index (χ3n) is 4.09. The molecule has 11 heteroatoms. The van der Waals surface area contributed by atoms with Crippen molar-refractivity contribution < 1.29 is 30.7 Å². The summed E-state index contributed by atoms with van der Waals surface area (Å²) < 4.78 is 61.0. The second kappa shape index (κ2) is 7.07. The smallest absolute Gasteiger partial charge is 0.485 e. The molecule has 0 radical (unpaired) electrons. The Hall–Kier alpha value is -2.07. The number of rotatable bonds is 0. The summed E-state index contributed by atoms with van der Waals surface area (Å²) in [5, 5.41) is 3.39. The fourth-order valence-electron chi connectivity index (χ4n) is 2.89. The molecule has 0 atom stereocenters. The second-order valence-electron chi connectivity index (χ2n) is 5.80. The van der Waals surface area contributed by atoms with Crippen molar-refractivity contribution in [2.75, 3.05) is 0 Å². The quantitative estimate of drug-likeness (QED) is 0.240. The molecule has 4 aromatic rings. The maximum Gasteiger partial charge on any atom is 0.485 e. The fourth-order valence-corrected chi connectivity index (χ4v) is 3.54. The summed E-state index contributed by atoms with van der Waals surface area (Å²) in [5.74, 6) is 0. The van der Waals surface area contributed by atoms with Crippen molar-refractivity contribution in [3.05, 3.63) is 52.5 Å². The van der Waals surface area contributed by atoms with Crippen molar-refractivity contribution in [3.8, 4) is 0 Å². The number of hydrogen-bond acceptors (Lipinski definition) is 3. The Labute approximate surface area is 167 Å². The molecule has 5 nitrogen and oxygen atoms in total. The highest BCUT2D eigenvalue weighted by Crippen LogP contribution is 2.35. The first-order valence-corrected chi connectivity index (χ1v) is 9.78. The average Bonchev–Trinajstić information content (AvgIpc) is 2.98. The Morgan fingerprint density at radius 1 is 1.07 bits per heavy atom. The first-order valence-electron chi connectivity index (χ1n) is 7.61. The van der Waals surface area contributed by atoms with Gasteiger partial charge in [0.1, 0.15) is 12.6 Å². The Kier molecular flexibility index (Phi) is 5.22. The summed E-state index contributed by atoms with van der Waals surface area (Å²) in [7, 11) is -4.05. The molecule has 0 aliphatic rings. The van der Waals surface area contributed by atoms with E-state index in [-0.39, 0.29) is 0 Å². The van der Waals surface area contributed by atoms with Gasteiger partial charge in [0.2, 0.25) is 11.0 Å². The molecule has 0 aliphatic heterocycles. The topological polar surface area (TPSA) is 76.9 Å². The second-order valence-corrected chi connectivity index (χ2v) is 7.96. The number of fused-ring (bicyclic) bond motifs is 4. The van der Waals surface area contributed by atoms with E-state index in [0.29, 0.717) is 10.0 Å². The lowest BCUT2D eigenvalue weighted by Gasteiger charge is -2.08. The number of aromatic nitrogens is 2. The molecule has 28 heavy (non-hydrogen) atoms. The van der Waals surface area contributed by atoms with Crippen LogP contribution in [-0.4, -0.2) is 23.5 Å². The third-order valence-corrected chi connectivity index (χ3v) is 5.35. The SMILES string of the molecule is C[n+]1c2cccc(Cl)c2c(Cl)c2[nH]c3ccccc3c21.O=S(=O)([O-])C(F)(F)F. The third kappa shape index (κ3) is 3.50. The molecule has 2 heterocycles. The van der Waals surface area contributed by atoms with E-state index in [9.17, 15) is 13.2 Å². The van der Waals surface area contributed by atoms with Crippen LogP contribution < -0.4 is 4.57 Å². The molecule has 148 valence electrons. The predicted molar refractivity (Wildman–Crippen MR) is 100 cm³/mol. The lowest BCUT2D eigenvalue weighted by Crippen LogP contribution is -2.30. The standard InChI is InChI=1S/C16H10Cl2N2.CHF3O3S/c1-20-12-8-4-6-10(17)13(12)14(18)15-16(20)9-5-2-3-7-11(9)19-15;2-1(3,4)8(5,6)7/h2-8H,1H3;(H,5,6,7). The van der Waals surface area contributed by atoms with Crippen LogP contribution in [0.25, 0.3) is 32.8 Å². The molecular weight excluding hydrogens is 440 g/mol. The molecule has 0 aliphatic carbocycles. The van der Waals surface area contributed by atoms with Gasteiger partial charge >= 0.3 is 5.51 Å². The van der Waals surface area contributed by atoms with E-state index >= 15 is 0 Å². The fraction of sp³-hybridized carbons (Fsp3) is 0.118. The molecule has 0 amide bonds. The highest BCUT2D eigenvalue weighted by molar-refractivity contribution is 7.86. The van der Waals surface area contributed by atoms with Gasteiger partial charge in [-0.1, -0.05) is 41.4 Å². The summed E-state index contributed by atoms with van der Waals surface area (Å²) >= 11 is 12.9. The van der Waals surface area contributed by atoms with E-state index in [1.54, 1.807) is 0 Å². The van der Waals surface area contributed by atoms with Crippen molar-refractivity contribution in [2.24, 2.45) is 7.05 Å². The Morgan fingerprint density at radius 3 is 2.29 bits per heavy atom. The molecule has 0 spiro atoms. The van der Waals surface area contributed by atoms with Gasteiger partial charge in [0.05, 0.1) is 26.3 Å². The summed E-state index contributed by atoms with van der Waals surface area (Å²) in [6.07, 6.45) is 0. The van der Waals surface area contributed by atoms with Gasteiger partial charge in [-0.2, -0.15) is 17.7 Å². The Balaban J connectivity index is 0.000000242. The number of halogens is 5. The van der Waals surface area contributed by atoms with E-state index in [2.05, 4.69) is 21.7 Å². The maximum atomic E-state index is 10.7. The van der Waals surface area contributed by atoms with E-state index in [1.165, 1.54) is 0 Å². The van der Waals surface area contributed by atoms with Crippen LogP contribution in [0, 0.1) is 0 Å². The molecule has 0 saturated heterocycles. The van der Waals surface area contributed by atoms with Crippen molar-refractivity contribution in [2.45, 2.75) is 5.51 Å². The van der Waals surface area contributed by atoms with E-state index in [4.69, 9.17) is 36.2 Å². The Morgan fingerprint density at radius 2 is 1.68 bits per heavy atom. The van der Waals surface area contributed by atoms with Crippen LogP contribution in [0.3, 0.4) is 0 Å². The van der Waals surface area contributed by atoms with Crippen LogP contribution in [0.15, 0.2) is 42.5 Å². The highest BCUT2D eigenvalue weighted by Gasteiger charge is 2.36. The largest absolute Gasteiger partial charge is 0.741 e. The maximum absolute atomic E-state index is 10.7. The van der Waals surface area contributed by atoms with Crippen molar-refractivity contribution in [3.63, 3.8) is 0 Å². The van der Waals surface area contributed by atoms with Gasteiger partial charge < -0.3 is 9.54 Å². The molecule has 0 saturated carbocycles. The zero-order valence-corrected chi connectivity index (χ0v) is 16.3. The van der Waals surface area contributed by atoms with Gasteiger partial charge in [-0.05, 0) is 18.2 Å². The van der Waals surface area contributed by atoms with Gasteiger partial charge in [0.15, 0.2) is 10.1 Å². The van der Waals surface area contributed by atoms with Gasteiger partial charge in [0.25, 0.3) is 0 Å². The summed E-state index contributed by atoms with van der Waals surface area (Å²) in [4.78, 5) is 3.40. The van der Waals surface area contributed by atoms with Crippen LogP contribution in [0.4, 0.5) is 13.2 Å². The summed E-state index contributed by atoms with van der Waals surface area (Å²) in [5.41, 5.74) is -1.52. The lowest BCUT2D eigenvalue weighted by atomic mass is 10.1. The number of nitrogens with zero attached hydrogens (tertiary/aromatic N) is 1. The van der Waals surface area contributed by atoms with Crippen LogP contribution >= 0.6 is 23.2 Å². The minimum absolute atomic E-state index is 0.670. The zero-order chi connectivity index (χ0) is 20.9. The minimum Gasteiger partial charge on any atom is -0.741 e.